The molecule has 0 rings (SSSR count). The van der Waals surface area contributed by atoms with Crippen LogP contribution in [-0.2, 0) is 0 Å². The van der Waals surface area contributed by atoms with Crippen molar-refractivity contribution in [1.82, 2.24) is 14.7 Å². The van der Waals surface area contributed by atoms with E-state index in [1.807, 2.05) is 26.0 Å². The second-order valence-corrected chi connectivity index (χ2v) is 3.64. The third-order valence-corrected chi connectivity index (χ3v) is 0.566. The molecule has 0 aromatic rings. The third kappa shape index (κ3) is 51.8. The molecule has 0 unspecified atom stereocenters. The molecule has 0 aliphatic carbocycles. The average molecular weight is 177 g/mol. The van der Waals surface area contributed by atoms with Gasteiger partial charge in [-0.1, -0.05) is 7.43 Å². The summed E-state index contributed by atoms with van der Waals surface area (Å²) in [6, 6.07) is 0. The van der Waals surface area contributed by atoms with Gasteiger partial charge in [0.1, 0.15) is 0 Å². The second-order valence-electron chi connectivity index (χ2n) is 3.64. The fourth-order valence-electron chi connectivity index (χ4n) is 0.566. The first-order chi connectivity index (χ1) is 4.86. The molecule has 0 atom stereocenters. The van der Waals surface area contributed by atoms with Crippen molar-refractivity contribution in [3.8, 4) is 0 Å². The Morgan fingerprint density at radius 1 is 0.667 bits per heavy atom. The van der Waals surface area contributed by atoms with Gasteiger partial charge in [0.05, 0.1) is 0 Å². The molecule has 0 saturated carbocycles. The average Bonchev–Trinajstić information content (AvgIpc) is 1.56. The van der Waals surface area contributed by atoms with E-state index in [1.165, 1.54) is 0 Å². The zero-order valence-corrected chi connectivity index (χ0v) is 9.05. The van der Waals surface area contributed by atoms with Gasteiger partial charge < -0.3 is 4.90 Å². The van der Waals surface area contributed by atoms with E-state index in [9.17, 15) is 0 Å². The van der Waals surface area contributed by atoms with E-state index in [-0.39, 0.29) is 7.43 Å². The maximum Gasteiger partial charge on any atom is 0.0495 e. The number of hydrogen-bond acceptors (Lipinski definition) is 3. The van der Waals surface area contributed by atoms with Crippen molar-refractivity contribution >= 4 is 0 Å². The summed E-state index contributed by atoms with van der Waals surface area (Å²) in [4.78, 5) is 6.25. The predicted molar refractivity (Wildman–Crippen MR) is 58.6 cm³/mol. The Kier molecular flexibility index (Phi) is 16.2. The molecule has 78 valence electrons. The largest absolute Gasteiger partial charge is 0.312 e. The van der Waals surface area contributed by atoms with E-state index in [4.69, 9.17) is 0 Å². The Hall–Kier alpha value is -0.120. The quantitative estimate of drug-likeness (QED) is 0.580. The maximum absolute atomic E-state index is 2.12. The molecule has 0 fully saturated rings. The molecule has 3 heteroatoms. The van der Waals surface area contributed by atoms with Crippen molar-refractivity contribution in [3.05, 3.63) is 0 Å². The van der Waals surface area contributed by atoms with E-state index >= 15 is 0 Å². The zero-order valence-electron chi connectivity index (χ0n) is 9.05. The van der Waals surface area contributed by atoms with E-state index in [2.05, 4.69) is 38.0 Å². The van der Waals surface area contributed by atoms with Crippen LogP contribution in [0.25, 0.3) is 0 Å². The van der Waals surface area contributed by atoms with E-state index in [0.717, 1.165) is 6.67 Å². The predicted octanol–water partition coefficient (Wildman–Crippen LogP) is 0.881. The molecule has 3 nitrogen and oxygen atoms in total. The third-order valence-electron chi connectivity index (χ3n) is 0.566. The van der Waals surface area contributed by atoms with E-state index in [0.29, 0.717) is 0 Å². The van der Waals surface area contributed by atoms with Crippen molar-refractivity contribution in [1.29, 1.82) is 0 Å². The lowest BCUT2D eigenvalue weighted by Crippen LogP contribution is -2.26. The van der Waals surface area contributed by atoms with E-state index in [1.54, 1.807) is 0 Å². The lowest BCUT2D eigenvalue weighted by molar-refractivity contribution is 0.245. The number of nitrogens with zero attached hydrogens (tertiary/aromatic N) is 3. The molecule has 0 spiro atoms. The monoisotopic (exact) mass is 177 g/mol. The van der Waals surface area contributed by atoms with Crippen LogP contribution < -0.4 is 0 Å². The smallest absolute Gasteiger partial charge is 0.0495 e. The Labute approximate surface area is 78.9 Å². The molecule has 0 saturated heterocycles. The van der Waals surface area contributed by atoms with Gasteiger partial charge in [-0.05, 0) is 49.3 Å². The summed E-state index contributed by atoms with van der Waals surface area (Å²) < 4.78 is 0. The fourth-order valence-corrected chi connectivity index (χ4v) is 0.566. The lowest BCUT2D eigenvalue weighted by atomic mass is 10.8. The number of rotatable bonds is 2. The van der Waals surface area contributed by atoms with Crippen molar-refractivity contribution in [2.45, 2.75) is 7.43 Å². The summed E-state index contributed by atoms with van der Waals surface area (Å²) in [5.41, 5.74) is 0. The van der Waals surface area contributed by atoms with Crippen molar-refractivity contribution < 1.29 is 0 Å². The first-order valence-corrected chi connectivity index (χ1v) is 3.76. The van der Waals surface area contributed by atoms with Gasteiger partial charge >= 0.3 is 0 Å². The summed E-state index contributed by atoms with van der Waals surface area (Å²) in [5.74, 6) is 0. The van der Waals surface area contributed by atoms with Gasteiger partial charge in [0, 0.05) is 6.67 Å². The summed E-state index contributed by atoms with van der Waals surface area (Å²) in [7, 11) is 14.2. The van der Waals surface area contributed by atoms with Crippen LogP contribution in [0.1, 0.15) is 7.43 Å². The Morgan fingerprint density at radius 3 is 0.833 bits per heavy atom. The minimum absolute atomic E-state index is 0. The Bertz CT molecular complexity index is 61.4. The topological polar surface area (TPSA) is 9.72 Å². The fraction of sp³-hybridized carbons (Fsp3) is 1.00. The zero-order chi connectivity index (χ0) is 9.44. The number of hydrogen-bond donors (Lipinski definition) is 0. The van der Waals surface area contributed by atoms with Gasteiger partial charge in [0.15, 0.2) is 0 Å². The molecule has 0 radical (unpaired) electrons. The molecule has 12 heavy (non-hydrogen) atoms. The van der Waals surface area contributed by atoms with Crippen LogP contribution in [0.4, 0.5) is 0 Å². The molecular formula is C9H27N3. The molecule has 0 bridgehead atoms. The highest BCUT2D eigenvalue weighted by Crippen LogP contribution is 1.74. The second kappa shape index (κ2) is 10.9. The molecule has 0 aromatic heterocycles. The summed E-state index contributed by atoms with van der Waals surface area (Å²) >= 11 is 0. The Balaban J connectivity index is -0.000000142. The minimum Gasteiger partial charge on any atom is -0.312 e. The van der Waals surface area contributed by atoms with Crippen LogP contribution in [0.15, 0.2) is 0 Å². The normalized spacial score (nSPS) is 9.50. The van der Waals surface area contributed by atoms with Crippen molar-refractivity contribution in [2.75, 3.05) is 56.0 Å². The highest BCUT2D eigenvalue weighted by atomic mass is 15.2. The van der Waals surface area contributed by atoms with Crippen molar-refractivity contribution in [2.24, 2.45) is 0 Å². The molecule has 0 aromatic carbocycles. The summed E-state index contributed by atoms with van der Waals surface area (Å²) in [6.45, 7) is 1.03. The highest BCUT2D eigenvalue weighted by molar-refractivity contribution is 4.35. The van der Waals surface area contributed by atoms with Crippen LogP contribution in [0, 0.1) is 0 Å². The molecule has 0 aliphatic heterocycles. The van der Waals surface area contributed by atoms with Gasteiger partial charge in [-0.3, -0.25) is 9.80 Å². The van der Waals surface area contributed by atoms with Crippen LogP contribution in [0.2, 0.25) is 0 Å². The maximum atomic E-state index is 2.12. The van der Waals surface area contributed by atoms with E-state index < -0.39 is 0 Å². The van der Waals surface area contributed by atoms with Gasteiger partial charge in [-0.2, -0.15) is 0 Å². The van der Waals surface area contributed by atoms with Crippen LogP contribution >= 0.6 is 0 Å². The SMILES string of the molecule is C.CN(C)C.CN(C)CN(C)C. The van der Waals surface area contributed by atoms with Gasteiger partial charge in [0.25, 0.3) is 0 Å². The first-order valence-electron chi connectivity index (χ1n) is 3.76. The van der Waals surface area contributed by atoms with Crippen LogP contribution in [-0.4, -0.2) is 70.7 Å². The van der Waals surface area contributed by atoms with Crippen LogP contribution in [0.3, 0.4) is 0 Å². The molecule has 0 aliphatic rings. The standard InChI is InChI=1S/C5H14N2.C3H9N.CH4/c1-6(2)5-7(3)4;1-4(2)3;/h5H2,1-4H3;1-3H3;1H4. The molecule has 0 amide bonds. The van der Waals surface area contributed by atoms with Crippen molar-refractivity contribution in [3.63, 3.8) is 0 Å². The van der Waals surface area contributed by atoms with Gasteiger partial charge in [-0.15, -0.1) is 0 Å². The molecular weight excluding hydrogens is 150 g/mol. The lowest BCUT2D eigenvalue weighted by Gasteiger charge is -2.14. The summed E-state index contributed by atoms with van der Waals surface area (Å²) in [5, 5.41) is 0. The molecule has 0 N–H and O–H groups in total. The van der Waals surface area contributed by atoms with Gasteiger partial charge in [-0.25, -0.2) is 0 Å². The Morgan fingerprint density at radius 2 is 0.833 bits per heavy atom. The summed E-state index contributed by atoms with van der Waals surface area (Å²) in [6.07, 6.45) is 0. The highest BCUT2D eigenvalue weighted by Gasteiger charge is 1.87. The minimum atomic E-state index is 0. The molecule has 0 heterocycles. The van der Waals surface area contributed by atoms with Crippen LogP contribution in [0.5, 0.6) is 0 Å². The first kappa shape index (κ1) is 17.8. The van der Waals surface area contributed by atoms with Gasteiger partial charge in [0.2, 0.25) is 0 Å².